The maximum absolute atomic E-state index is 13.3. The Morgan fingerprint density at radius 1 is 1.40 bits per heavy atom. The van der Waals surface area contributed by atoms with Gasteiger partial charge in [-0.1, -0.05) is 22.0 Å². The first-order valence-corrected chi connectivity index (χ1v) is 6.90. The van der Waals surface area contributed by atoms with Gasteiger partial charge < -0.3 is 5.73 Å². The minimum absolute atomic E-state index is 0.0560. The minimum Gasteiger partial charge on any atom is -0.329 e. The molecule has 0 atom stereocenters. The van der Waals surface area contributed by atoms with Crippen LogP contribution in [0.15, 0.2) is 22.7 Å². The molecular formula is C9H11BrFNO2S. The van der Waals surface area contributed by atoms with Crippen molar-refractivity contribution < 1.29 is 12.8 Å². The predicted octanol–water partition coefficient (Wildman–Crippen LogP) is 1.46. The summed E-state index contributed by atoms with van der Waals surface area (Å²) < 4.78 is 36.6. The lowest BCUT2D eigenvalue weighted by molar-refractivity contribution is 0.586. The van der Waals surface area contributed by atoms with Crippen LogP contribution in [0.1, 0.15) is 5.56 Å². The summed E-state index contributed by atoms with van der Waals surface area (Å²) in [6.07, 6.45) is 0. The highest BCUT2D eigenvalue weighted by molar-refractivity contribution is 9.10. The highest BCUT2D eigenvalue weighted by Gasteiger charge is 2.13. The molecule has 1 rings (SSSR count). The number of benzene rings is 1. The summed E-state index contributed by atoms with van der Waals surface area (Å²) >= 11 is 3.10. The van der Waals surface area contributed by atoms with Crippen molar-refractivity contribution in [3.63, 3.8) is 0 Å². The van der Waals surface area contributed by atoms with Gasteiger partial charge in [0.25, 0.3) is 0 Å². The van der Waals surface area contributed by atoms with E-state index in [0.29, 0.717) is 4.47 Å². The summed E-state index contributed by atoms with van der Waals surface area (Å²) in [7, 11) is -3.30. The summed E-state index contributed by atoms with van der Waals surface area (Å²) in [5.41, 5.74) is 5.32. The smallest absolute Gasteiger partial charge is 0.155 e. The SMILES string of the molecule is NCCS(=O)(=O)Cc1ccc(Br)cc1F. The molecule has 0 heterocycles. The van der Waals surface area contributed by atoms with Crippen molar-refractivity contribution in [2.24, 2.45) is 5.73 Å². The van der Waals surface area contributed by atoms with Gasteiger partial charge in [0.2, 0.25) is 0 Å². The van der Waals surface area contributed by atoms with Crippen LogP contribution < -0.4 is 5.73 Å². The number of sulfone groups is 1. The molecule has 0 aromatic heterocycles. The van der Waals surface area contributed by atoms with Crippen molar-refractivity contribution >= 4 is 25.8 Å². The minimum atomic E-state index is -3.30. The third kappa shape index (κ3) is 3.89. The molecule has 0 fully saturated rings. The van der Waals surface area contributed by atoms with Crippen LogP contribution in [-0.2, 0) is 15.6 Å². The second-order valence-corrected chi connectivity index (χ2v) is 6.22. The zero-order chi connectivity index (χ0) is 11.5. The molecule has 0 aliphatic rings. The molecule has 0 amide bonds. The molecule has 0 radical (unpaired) electrons. The van der Waals surface area contributed by atoms with E-state index in [1.54, 1.807) is 6.07 Å². The first kappa shape index (κ1) is 12.6. The van der Waals surface area contributed by atoms with Crippen LogP contribution >= 0.6 is 15.9 Å². The van der Waals surface area contributed by atoms with Crippen LogP contribution in [-0.4, -0.2) is 20.7 Å². The largest absolute Gasteiger partial charge is 0.329 e. The van der Waals surface area contributed by atoms with Gasteiger partial charge in [-0.25, -0.2) is 12.8 Å². The van der Waals surface area contributed by atoms with Crippen LogP contribution in [0.3, 0.4) is 0 Å². The third-order valence-corrected chi connectivity index (χ3v) is 3.92. The molecule has 3 nitrogen and oxygen atoms in total. The van der Waals surface area contributed by atoms with Gasteiger partial charge in [0.1, 0.15) is 5.82 Å². The van der Waals surface area contributed by atoms with E-state index in [0.717, 1.165) is 0 Å². The summed E-state index contributed by atoms with van der Waals surface area (Å²) in [6, 6.07) is 4.30. The predicted molar refractivity (Wildman–Crippen MR) is 60.6 cm³/mol. The number of nitrogens with two attached hydrogens (primary N) is 1. The van der Waals surface area contributed by atoms with Crippen molar-refractivity contribution in [1.82, 2.24) is 0 Å². The molecule has 1 aromatic carbocycles. The molecule has 0 aliphatic carbocycles. The zero-order valence-electron chi connectivity index (χ0n) is 7.91. The number of rotatable bonds is 4. The lowest BCUT2D eigenvalue weighted by Crippen LogP contribution is -2.17. The third-order valence-electron chi connectivity index (χ3n) is 1.82. The normalized spacial score (nSPS) is 11.7. The topological polar surface area (TPSA) is 60.2 Å². The molecule has 0 aliphatic heterocycles. The maximum Gasteiger partial charge on any atom is 0.155 e. The molecule has 0 unspecified atom stereocenters. The fourth-order valence-electron chi connectivity index (χ4n) is 1.13. The lowest BCUT2D eigenvalue weighted by Gasteiger charge is -2.04. The van der Waals surface area contributed by atoms with E-state index in [1.165, 1.54) is 12.1 Å². The van der Waals surface area contributed by atoms with Crippen molar-refractivity contribution in [2.45, 2.75) is 5.75 Å². The fourth-order valence-corrected chi connectivity index (χ4v) is 2.67. The molecule has 1 aromatic rings. The maximum atomic E-state index is 13.3. The molecule has 6 heteroatoms. The average molecular weight is 296 g/mol. The van der Waals surface area contributed by atoms with Gasteiger partial charge >= 0.3 is 0 Å². The Hall–Kier alpha value is -0.460. The van der Waals surface area contributed by atoms with Crippen LogP contribution in [0.25, 0.3) is 0 Å². The number of hydrogen-bond acceptors (Lipinski definition) is 3. The molecule has 84 valence electrons. The van der Waals surface area contributed by atoms with E-state index in [2.05, 4.69) is 15.9 Å². The number of hydrogen-bond donors (Lipinski definition) is 1. The lowest BCUT2D eigenvalue weighted by atomic mass is 10.2. The highest BCUT2D eigenvalue weighted by Crippen LogP contribution is 2.17. The van der Waals surface area contributed by atoms with E-state index in [4.69, 9.17) is 5.73 Å². The van der Waals surface area contributed by atoms with E-state index in [-0.39, 0.29) is 23.6 Å². The fraction of sp³-hybridized carbons (Fsp3) is 0.333. The van der Waals surface area contributed by atoms with E-state index >= 15 is 0 Å². The molecule has 0 saturated heterocycles. The second kappa shape index (κ2) is 5.05. The van der Waals surface area contributed by atoms with Gasteiger partial charge in [-0.05, 0) is 12.1 Å². The highest BCUT2D eigenvalue weighted by atomic mass is 79.9. The molecule has 0 spiro atoms. The quantitative estimate of drug-likeness (QED) is 0.915. The molecular weight excluding hydrogens is 285 g/mol. The average Bonchev–Trinajstić information content (AvgIpc) is 2.09. The summed E-state index contributed by atoms with van der Waals surface area (Å²) in [6.45, 7) is 0.0560. The van der Waals surface area contributed by atoms with Gasteiger partial charge in [-0.15, -0.1) is 0 Å². The van der Waals surface area contributed by atoms with Crippen molar-refractivity contribution in [3.8, 4) is 0 Å². The number of halogens is 2. The van der Waals surface area contributed by atoms with Gasteiger partial charge in [0.15, 0.2) is 9.84 Å². The Kier molecular flexibility index (Phi) is 4.24. The second-order valence-electron chi connectivity index (χ2n) is 3.12. The molecule has 0 bridgehead atoms. The van der Waals surface area contributed by atoms with Gasteiger partial charge in [-0.2, -0.15) is 0 Å². The van der Waals surface area contributed by atoms with Crippen LogP contribution in [0.2, 0.25) is 0 Å². The Morgan fingerprint density at radius 3 is 2.60 bits per heavy atom. The monoisotopic (exact) mass is 295 g/mol. The van der Waals surface area contributed by atoms with Gasteiger partial charge in [0, 0.05) is 16.6 Å². The Balaban J connectivity index is 2.90. The Labute approximate surface area is 96.5 Å². The van der Waals surface area contributed by atoms with E-state index < -0.39 is 15.7 Å². The van der Waals surface area contributed by atoms with Crippen molar-refractivity contribution in [3.05, 3.63) is 34.1 Å². The standard InChI is InChI=1S/C9H11BrFNO2S/c10-8-2-1-7(9(11)5-8)6-15(13,14)4-3-12/h1-2,5H,3-4,6,12H2. The summed E-state index contributed by atoms with van der Waals surface area (Å²) in [5, 5.41) is 0. The van der Waals surface area contributed by atoms with Crippen molar-refractivity contribution in [2.75, 3.05) is 12.3 Å². The van der Waals surface area contributed by atoms with E-state index in [9.17, 15) is 12.8 Å². The molecule has 0 saturated carbocycles. The van der Waals surface area contributed by atoms with Crippen LogP contribution in [0, 0.1) is 5.82 Å². The van der Waals surface area contributed by atoms with Crippen LogP contribution in [0.5, 0.6) is 0 Å². The molecule has 2 N–H and O–H groups in total. The van der Waals surface area contributed by atoms with Gasteiger partial charge in [0.05, 0.1) is 11.5 Å². The van der Waals surface area contributed by atoms with Crippen molar-refractivity contribution in [1.29, 1.82) is 0 Å². The van der Waals surface area contributed by atoms with E-state index in [1.807, 2.05) is 0 Å². The molecule has 15 heavy (non-hydrogen) atoms. The summed E-state index contributed by atoms with van der Waals surface area (Å²) in [4.78, 5) is 0. The van der Waals surface area contributed by atoms with Crippen LogP contribution in [0.4, 0.5) is 4.39 Å². The first-order chi connectivity index (χ1) is 6.94. The Bertz CT molecular complexity index is 447. The zero-order valence-corrected chi connectivity index (χ0v) is 10.3. The summed E-state index contributed by atoms with van der Waals surface area (Å²) in [5.74, 6) is -0.948. The first-order valence-electron chi connectivity index (χ1n) is 4.29. The Morgan fingerprint density at radius 2 is 2.07 bits per heavy atom. The van der Waals surface area contributed by atoms with Gasteiger partial charge in [-0.3, -0.25) is 0 Å².